The van der Waals surface area contributed by atoms with Crippen molar-refractivity contribution >= 4 is 23.1 Å². The van der Waals surface area contributed by atoms with E-state index >= 15 is 0 Å². The number of hydrogen-bond donors (Lipinski definition) is 2. The first-order valence-corrected chi connectivity index (χ1v) is 9.16. The second kappa shape index (κ2) is 6.86. The molecule has 4 aromatic rings. The summed E-state index contributed by atoms with van der Waals surface area (Å²) in [5, 5.41) is 13.7. The van der Waals surface area contributed by atoms with Crippen LogP contribution in [-0.2, 0) is 0 Å². The van der Waals surface area contributed by atoms with Gasteiger partial charge >= 0.3 is 0 Å². The standard InChI is InChI=1S/C20H16N6O3/c27-19(15-11-29-25-17(15)20(28)21-13-6-7-13)22-14-8-9-26-16(10-14)23-18(24-26)12-4-2-1-3-5-12/h1-5,8-11,13H,6-7H2,(H,21,28)(H,22,27). The Morgan fingerprint density at radius 1 is 1.10 bits per heavy atom. The molecule has 29 heavy (non-hydrogen) atoms. The second-order valence-corrected chi connectivity index (χ2v) is 6.80. The van der Waals surface area contributed by atoms with Crippen LogP contribution in [0.2, 0.25) is 0 Å². The Kier molecular flexibility index (Phi) is 4.05. The summed E-state index contributed by atoms with van der Waals surface area (Å²) in [5.41, 5.74) is 2.05. The molecule has 0 saturated heterocycles. The van der Waals surface area contributed by atoms with Crippen LogP contribution in [0.4, 0.5) is 5.69 Å². The van der Waals surface area contributed by atoms with Crippen molar-refractivity contribution in [3.05, 3.63) is 66.2 Å². The Balaban J connectivity index is 1.37. The van der Waals surface area contributed by atoms with Crippen molar-refractivity contribution in [3.63, 3.8) is 0 Å². The average Bonchev–Trinajstić information content (AvgIpc) is 3.25. The second-order valence-electron chi connectivity index (χ2n) is 6.80. The first-order chi connectivity index (χ1) is 14.2. The molecular formula is C20H16N6O3. The number of aromatic nitrogens is 4. The molecule has 0 unspecified atom stereocenters. The molecule has 1 aromatic carbocycles. The molecule has 3 heterocycles. The van der Waals surface area contributed by atoms with Crippen LogP contribution in [0, 0.1) is 0 Å². The average molecular weight is 388 g/mol. The number of hydrogen-bond acceptors (Lipinski definition) is 6. The Morgan fingerprint density at radius 3 is 2.72 bits per heavy atom. The van der Waals surface area contributed by atoms with E-state index in [1.54, 1.807) is 22.8 Å². The zero-order valence-corrected chi connectivity index (χ0v) is 15.2. The number of anilines is 1. The number of amides is 2. The van der Waals surface area contributed by atoms with Crippen LogP contribution in [0.25, 0.3) is 17.0 Å². The lowest BCUT2D eigenvalue weighted by molar-refractivity contribution is 0.0931. The summed E-state index contributed by atoms with van der Waals surface area (Å²) < 4.78 is 6.48. The van der Waals surface area contributed by atoms with Gasteiger partial charge in [0.2, 0.25) is 0 Å². The van der Waals surface area contributed by atoms with E-state index in [0.717, 1.165) is 18.4 Å². The van der Waals surface area contributed by atoms with Gasteiger partial charge in [0.25, 0.3) is 11.8 Å². The van der Waals surface area contributed by atoms with Crippen molar-refractivity contribution in [2.75, 3.05) is 5.32 Å². The molecule has 3 aromatic heterocycles. The zero-order valence-electron chi connectivity index (χ0n) is 15.2. The highest BCUT2D eigenvalue weighted by Crippen LogP contribution is 2.21. The Morgan fingerprint density at radius 2 is 1.93 bits per heavy atom. The van der Waals surface area contributed by atoms with Crippen molar-refractivity contribution in [2.24, 2.45) is 0 Å². The molecule has 9 nitrogen and oxygen atoms in total. The molecule has 1 aliphatic carbocycles. The lowest BCUT2D eigenvalue weighted by atomic mass is 10.2. The maximum Gasteiger partial charge on any atom is 0.274 e. The number of rotatable bonds is 5. The van der Waals surface area contributed by atoms with Crippen molar-refractivity contribution in [3.8, 4) is 11.4 Å². The van der Waals surface area contributed by atoms with Crippen LogP contribution in [0.1, 0.15) is 33.7 Å². The van der Waals surface area contributed by atoms with E-state index in [4.69, 9.17) is 4.52 Å². The quantitative estimate of drug-likeness (QED) is 0.543. The van der Waals surface area contributed by atoms with E-state index in [2.05, 4.69) is 25.9 Å². The van der Waals surface area contributed by atoms with Crippen molar-refractivity contribution in [2.45, 2.75) is 18.9 Å². The SMILES string of the molecule is O=C(Nc1ccn2nc(-c3ccccc3)nc2c1)c1conc1C(=O)NC1CC1. The topological polar surface area (TPSA) is 114 Å². The van der Waals surface area contributed by atoms with E-state index in [9.17, 15) is 9.59 Å². The van der Waals surface area contributed by atoms with Crippen molar-refractivity contribution < 1.29 is 14.1 Å². The normalized spacial score (nSPS) is 13.4. The predicted molar refractivity (Wildman–Crippen MR) is 103 cm³/mol. The molecule has 1 fully saturated rings. The number of pyridine rings is 1. The van der Waals surface area contributed by atoms with Crippen LogP contribution < -0.4 is 10.6 Å². The predicted octanol–water partition coefficient (Wildman–Crippen LogP) is 2.53. The summed E-state index contributed by atoms with van der Waals surface area (Å²) in [6.45, 7) is 0. The zero-order chi connectivity index (χ0) is 19.8. The molecule has 0 atom stereocenters. The summed E-state index contributed by atoms with van der Waals surface area (Å²) in [6.07, 6.45) is 4.75. The molecule has 2 N–H and O–H groups in total. The Hall–Kier alpha value is -4.01. The molecule has 2 amide bonds. The Bertz CT molecular complexity index is 1210. The van der Waals surface area contributed by atoms with Gasteiger partial charge in [0.1, 0.15) is 11.8 Å². The number of benzene rings is 1. The minimum atomic E-state index is -0.487. The van der Waals surface area contributed by atoms with Crippen LogP contribution in [-0.4, -0.2) is 37.6 Å². The van der Waals surface area contributed by atoms with Gasteiger partial charge in [-0.3, -0.25) is 9.59 Å². The van der Waals surface area contributed by atoms with E-state index < -0.39 is 11.8 Å². The van der Waals surface area contributed by atoms with Gasteiger partial charge in [0.05, 0.1) is 0 Å². The smallest absolute Gasteiger partial charge is 0.274 e. The molecule has 9 heteroatoms. The first kappa shape index (κ1) is 17.1. The van der Waals surface area contributed by atoms with Gasteiger partial charge in [-0.2, -0.15) is 0 Å². The third-order valence-corrected chi connectivity index (χ3v) is 4.57. The molecule has 1 saturated carbocycles. The third-order valence-electron chi connectivity index (χ3n) is 4.57. The minimum Gasteiger partial charge on any atom is -0.363 e. The van der Waals surface area contributed by atoms with Crippen molar-refractivity contribution in [1.82, 2.24) is 25.1 Å². The summed E-state index contributed by atoms with van der Waals surface area (Å²) in [6, 6.07) is 13.2. The number of carbonyl (C=O) groups is 2. The van der Waals surface area contributed by atoms with E-state index in [1.165, 1.54) is 6.26 Å². The van der Waals surface area contributed by atoms with Gasteiger partial charge in [0.15, 0.2) is 17.2 Å². The molecule has 0 bridgehead atoms. The number of fused-ring (bicyclic) bond motifs is 1. The summed E-state index contributed by atoms with van der Waals surface area (Å²) in [7, 11) is 0. The van der Waals surface area contributed by atoms with E-state index in [-0.39, 0.29) is 17.3 Å². The molecule has 0 radical (unpaired) electrons. The summed E-state index contributed by atoms with van der Waals surface area (Å²) in [4.78, 5) is 29.3. The lowest BCUT2D eigenvalue weighted by Crippen LogP contribution is -2.28. The van der Waals surface area contributed by atoms with Crippen molar-refractivity contribution in [1.29, 1.82) is 0 Å². The summed E-state index contributed by atoms with van der Waals surface area (Å²) >= 11 is 0. The molecule has 0 spiro atoms. The van der Waals surface area contributed by atoms with Gasteiger partial charge in [0, 0.05) is 29.6 Å². The third kappa shape index (κ3) is 3.45. The van der Waals surface area contributed by atoms with Gasteiger partial charge < -0.3 is 15.2 Å². The van der Waals surface area contributed by atoms with Gasteiger partial charge in [-0.05, 0) is 18.9 Å². The largest absolute Gasteiger partial charge is 0.363 e. The van der Waals surface area contributed by atoms with Crippen LogP contribution in [0.3, 0.4) is 0 Å². The molecule has 5 rings (SSSR count). The fraction of sp³-hybridized carbons (Fsp3) is 0.150. The highest BCUT2D eigenvalue weighted by atomic mass is 16.5. The first-order valence-electron chi connectivity index (χ1n) is 9.16. The van der Waals surface area contributed by atoms with Crippen LogP contribution in [0.5, 0.6) is 0 Å². The molecule has 0 aliphatic heterocycles. The lowest BCUT2D eigenvalue weighted by Gasteiger charge is -2.05. The summed E-state index contributed by atoms with van der Waals surface area (Å²) in [5.74, 6) is -0.307. The molecule has 144 valence electrons. The van der Waals surface area contributed by atoms with Gasteiger partial charge in [-0.1, -0.05) is 35.5 Å². The van der Waals surface area contributed by atoms with E-state index in [1.807, 2.05) is 30.3 Å². The molecule has 1 aliphatic rings. The monoisotopic (exact) mass is 388 g/mol. The Labute approximate surface area is 164 Å². The van der Waals surface area contributed by atoms with E-state index in [0.29, 0.717) is 17.2 Å². The fourth-order valence-corrected chi connectivity index (χ4v) is 2.91. The maximum atomic E-state index is 12.6. The fourth-order valence-electron chi connectivity index (χ4n) is 2.91. The number of carbonyl (C=O) groups excluding carboxylic acids is 2. The maximum absolute atomic E-state index is 12.6. The minimum absolute atomic E-state index is 0.0238. The van der Waals surface area contributed by atoms with Gasteiger partial charge in [-0.15, -0.1) is 5.10 Å². The van der Waals surface area contributed by atoms with Crippen LogP contribution >= 0.6 is 0 Å². The molecular weight excluding hydrogens is 372 g/mol. The van der Waals surface area contributed by atoms with Crippen LogP contribution in [0.15, 0.2) is 59.4 Å². The number of nitrogens with zero attached hydrogens (tertiary/aromatic N) is 4. The highest BCUT2D eigenvalue weighted by molar-refractivity contribution is 6.11. The van der Waals surface area contributed by atoms with Gasteiger partial charge in [-0.25, -0.2) is 9.50 Å². The highest BCUT2D eigenvalue weighted by Gasteiger charge is 2.28. The number of nitrogens with one attached hydrogen (secondary N) is 2.